The first kappa shape index (κ1) is 12.5. The van der Waals surface area contributed by atoms with E-state index in [1.54, 1.807) is 13.0 Å². The van der Waals surface area contributed by atoms with Crippen LogP contribution in [0.5, 0.6) is 0 Å². The maximum atomic E-state index is 11.5. The van der Waals surface area contributed by atoms with Crippen molar-refractivity contribution in [3.63, 3.8) is 0 Å². The minimum Gasteiger partial charge on any atom is -0.323 e. The van der Waals surface area contributed by atoms with Crippen molar-refractivity contribution in [3.05, 3.63) is 23.0 Å². The van der Waals surface area contributed by atoms with Crippen molar-refractivity contribution >= 4 is 23.2 Å². The molecule has 1 rings (SSSR count). The zero-order chi connectivity index (χ0) is 12.1. The third-order valence-electron chi connectivity index (χ3n) is 1.96. The first-order valence-corrected chi connectivity index (χ1v) is 5.04. The minimum atomic E-state index is -0.707. The van der Waals surface area contributed by atoms with E-state index in [1.807, 2.05) is 0 Å². The van der Waals surface area contributed by atoms with Crippen LogP contribution in [-0.2, 0) is 4.79 Å². The Morgan fingerprint density at radius 1 is 1.81 bits per heavy atom. The molecule has 1 atom stereocenters. The van der Waals surface area contributed by atoms with E-state index in [1.165, 1.54) is 6.20 Å². The summed E-state index contributed by atoms with van der Waals surface area (Å²) in [6, 6.07) is 1.01. The van der Waals surface area contributed by atoms with Crippen LogP contribution in [0.25, 0.3) is 0 Å². The van der Waals surface area contributed by atoms with Gasteiger partial charge in [0.2, 0.25) is 5.91 Å². The highest BCUT2D eigenvalue weighted by Crippen LogP contribution is 2.16. The summed E-state index contributed by atoms with van der Waals surface area (Å²) in [6.45, 7) is 1.80. The third-order valence-corrected chi connectivity index (χ3v) is 2.35. The quantitative estimate of drug-likeness (QED) is 0.616. The lowest BCUT2D eigenvalue weighted by Gasteiger charge is -2.10. The summed E-state index contributed by atoms with van der Waals surface area (Å²) in [5.74, 6) is 2.00. The van der Waals surface area contributed by atoms with Gasteiger partial charge in [0.1, 0.15) is 5.15 Å². The van der Waals surface area contributed by atoms with E-state index in [4.69, 9.17) is 23.8 Å². The maximum Gasteiger partial charge on any atom is 0.242 e. The number of carbonyl (C=O) groups excluding carboxylic acids is 1. The second-order valence-electron chi connectivity index (χ2n) is 3.34. The van der Waals surface area contributed by atoms with Crippen LogP contribution in [0.4, 0.5) is 5.69 Å². The van der Waals surface area contributed by atoms with E-state index in [9.17, 15) is 4.79 Å². The summed E-state index contributed by atoms with van der Waals surface area (Å²) in [5, 5.41) is 3.02. The van der Waals surface area contributed by atoms with Gasteiger partial charge < -0.3 is 11.1 Å². The van der Waals surface area contributed by atoms with Gasteiger partial charge in [0.05, 0.1) is 17.9 Å². The van der Waals surface area contributed by atoms with Crippen molar-refractivity contribution in [2.45, 2.75) is 19.4 Å². The third kappa shape index (κ3) is 3.23. The van der Waals surface area contributed by atoms with Crippen molar-refractivity contribution in [1.82, 2.24) is 4.98 Å². The molecule has 0 saturated carbocycles. The number of hydrogen-bond donors (Lipinski definition) is 2. The average molecular weight is 238 g/mol. The standard InChI is InChI=1S/C11H12ClN3O/c1-3-4-9(13)11(16)15-8-5-7(2)10(12)14-6-8/h1,5-6,9H,4,13H2,2H3,(H,15,16). The van der Waals surface area contributed by atoms with Crippen LogP contribution in [0.15, 0.2) is 12.3 Å². The summed E-state index contributed by atoms with van der Waals surface area (Å²) in [6.07, 6.45) is 6.73. The van der Waals surface area contributed by atoms with Gasteiger partial charge in [-0.25, -0.2) is 4.98 Å². The minimum absolute atomic E-state index is 0.200. The number of nitrogens with two attached hydrogens (primary N) is 1. The number of hydrogen-bond acceptors (Lipinski definition) is 3. The molecular formula is C11H12ClN3O. The van der Waals surface area contributed by atoms with Crippen LogP contribution >= 0.6 is 11.6 Å². The Kier molecular flexibility index (Phi) is 4.29. The van der Waals surface area contributed by atoms with Crippen molar-refractivity contribution in [1.29, 1.82) is 0 Å². The Balaban J connectivity index is 2.70. The summed E-state index contributed by atoms with van der Waals surface area (Å²) in [7, 11) is 0. The molecule has 16 heavy (non-hydrogen) atoms. The zero-order valence-electron chi connectivity index (χ0n) is 8.83. The van der Waals surface area contributed by atoms with Gasteiger partial charge in [0.15, 0.2) is 0 Å². The largest absolute Gasteiger partial charge is 0.323 e. The fourth-order valence-corrected chi connectivity index (χ4v) is 1.18. The molecule has 0 saturated heterocycles. The van der Waals surface area contributed by atoms with Gasteiger partial charge in [-0.15, -0.1) is 12.3 Å². The number of pyridine rings is 1. The van der Waals surface area contributed by atoms with Crippen LogP contribution < -0.4 is 11.1 Å². The molecule has 0 aromatic carbocycles. The molecular weight excluding hydrogens is 226 g/mol. The number of aromatic nitrogens is 1. The van der Waals surface area contributed by atoms with Crippen LogP contribution in [0.2, 0.25) is 5.15 Å². The fraction of sp³-hybridized carbons (Fsp3) is 0.273. The molecule has 3 N–H and O–H groups in total. The topological polar surface area (TPSA) is 68.0 Å². The van der Waals surface area contributed by atoms with Crippen molar-refractivity contribution < 1.29 is 4.79 Å². The van der Waals surface area contributed by atoms with E-state index in [2.05, 4.69) is 16.2 Å². The molecule has 0 bridgehead atoms. The van der Waals surface area contributed by atoms with Crippen LogP contribution in [0.1, 0.15) is 12.0 Å². The summed E-state index contributed by atoms with van der Waals surface area (Å²) >= 11 is 5.75. The van der Waals surface area contributed by atoms with E-state index in [0.29, 0.717) is 10.8 Å². The fourth-order valence-electron chi connectivity index (χ4n) is 1.08. The molecule has 5 heteroatoms. The maximum absolute atomic E-state index is 11.5. The Morgan fingerprint density at radius 2 is 2.50 bits per heavy atom. The average Bonchev–Trinajstić information content (AvgIpc) is 2.24. The van der Waals surface area contributed by atoms with Crippen molar-refractivity contribution in [3.8, 4) is 12.3 Å². The molecule has 0 spiro atoms. The highest BCUT2D eigenvalue weighted by atomic mass is 35.5. The summed E-state index contributed by atoms with van der Waals surface area (Å²) < 4.78 is 0. The Labute approximate surface area is 99.2 Å². The molecule has 1 amide bonds. The molecule has 4 nitrogen and oxygen atoms in total. The summed E-state index contributed by atoms with van der Waals surface area (Å²) in [4.78, 5) is 15.4. The van der Waals surface area contributed by atoms with Gasteiger partial charge >= 0.3 is 0 Å². The normalized spacial score (nSPS) is 11.6. The second-order valence-corrected chi connectivity index (χ2v) is 3.69. The number of amides is 1. The van der Waals surface area contributed by atoms with E-state index < -0.39 is 6.04 Å². The van der Waals surface area contributed by atoms with E-state index in [-0.39, 0.29) is 12.3 Å². The van der Waals surface area contributed by atoms with Gasteiger partial charge in [-0.1, -0.05) is 11.6 Å². The lowest BCUT2D eigenvalue weighted by Crippen LogP contribution is -2.35. The molecule has 0 aliphatic rings. The van der Waals surface area contributed by atoms with Crippen LogP contribution in [0.3, 0.4) is 0 Å². The molecule has 0 radical (unpaired) electrons. The Morgan fingerprint density at radius 3 is 3.06 bits per heavy atom. The summed E-state index contributed by atoms with van der Waals surface area (Å²) in [5.41, 5.74) is 6.88. The van der Waals surface area contributed by atoms with Gasteiger partial charge in [0.25, 0.3) is 0 Å². The number of halogens is 1. The lowest BCUT2D eigenvalue weighted by atomic mass is 10.2. The SMILES string of the molecule is C#CCC(N)C(=O)Nc1cnc(Cl)c(C)c1. The van der Waals surface area contributed by atoms with E-state index in [0.717, 1.165) is 5.56 Å². The molecule has 84 valence electrons. The molecule has 1 aromatic heterocycles. The molecule has 1 unspecified atom stereocenters. The Hall–Kier alpha value is -1.57. The van der Waals surface area contributed by atoms with Gasteiger partial charge in [-0.3, -0.25) is 4.79 Å². The monoisotopic (exact) mass is 237 g/mol. The highest BCUT2D eigenvalue weighted by molar-refractivity contribution is 6.30. The molecule has 1 aromatic rings. The highest BCUT2D eigenvalue weighted by Gasteiger charge is 2.12. The number of terminal acetylenes is 1. The number of nitrogens with zero attached hydrogens (tertiary/aromatic N) is 1. The number of aryl methyl sites for hydroxylation is 1. The number of nitrogens with one attached hydrogen (secondary N) is 1. The Bertz CT molecular complexity index is 439. The van der Waals surface area contributed by atoms with Crippen LogP contribution in [0, 0.1) is 19.3 Å². The predicted molar refractivity (Wildman–Crippen MR) is 64.0 cm³/mol. The second kappa shape index (κ2) is 5.50. The predicted octanol–water partition coefficient (Wildman–Crippen LogP) is 1.33. The molecule has 0 aliphatic carbocycles. The van der Waals surface area contributed by atoms with Gasteiger partial charge in [0, 0.05) is 6.42 Å². The molecule has 1 heterocycles. The van der Waals surface area contributed by atoms with Crippen LogP contribution in [-0.4, -0.2) is 16.9 Å². The lowest BCUT2D eigenvalue weighted by molar-refractivity contribution is -0.117. The van der Waals surface area contributed by atoms with Gasteiger partial charge in [-0.2, -0.15) is 0 Å². The number of rotatable bonds is 3. The molecule has 0 aliphatic heterocycles. The first-order chi connectivity index (χ1) is 7.54. The van der Waals surface area contributed by atoms with E-state index >= 15 is 0 Å². The van der Waals surface area contributed by atoms with Crippen molar-refractivity contribution in [2.24, 2.45) is 5.73 Å². The zero-order valence-corrected chi connectivity index (χ0v) is 9.58. The smallest absolute Gasteiger partial charge is 0.242 e. The van der Waals surface area contributed by atoms with Gasteiger partial charge in [-0.05, 0) is 18.6 Å². The molecule has 0 fully saturated rings. The number of carbonyl (C=O) groups is 1. The van der Waals surface area contributed by atoms with Crippen molar-refractivity contribution in [2.75, 3.05) is 5.32 Å². The number of anilines is 1. The first-order valence-electron chi connectivity index (χ1n) is 4.66.